The summed E-state index contributed by atoms with van der Waals surface area (Å²) in [5.74, 6) is -0.229. The van der Waals surface area contributed by atoms with Gasteiger partial charge in [-0.3, -0.25) is 0 Å². The summed E-state index contributed by atoms with van der Waals surface area (Å²) in [7, 11) is 5.34. The molecule has 0 aliphatic rings. The number of likely N-dealkylation sites (N-methyl/N-ethyl adjacent to an activating group) is 1. The summed E-state index contributed by atoms with van der Waals surface area (Å²) in [5.41, 5.74) is 1.08. The molecule has 1 rings (SSSR count). The lowest BCUT2D eigenvalue weighted by molar-refractivity contribution is -0.898. The van der Waals surface area contributed by atoms with E-state index in [0.717, 1.165) is 11.3 Å². The predicted molar refractivity (Wildman–Crippen MR) is 58.7 cm³/mol. The number of nitrogens with zero attached hydrogens (tertiary/aromatic N) is 1. The molecule has 0 fully saturated rings. The number of carbonyl (C=O) groups excluding carboxylic acids is 1. The van der Waals surface area contributed by atoms with Crippen molar-refractivity contribution in [2.75, 3.05) is 27.7 Å². The SMILES string of the molecule is COc1ccc(C[N+](C)(C)CC(=O)[O-])cc1. The fourth-order valence-electron chi connectivity index (χ4n) is 1.63. The van der Waals surface area contributed by atoms with E-state index < -0.39 is 5.97 Å². The zero-order chi connectivity index (χ0) is 12.2. The standard InChI is InChI=1S/C12H17NO3/c1-13(2,9-12(14)15)8-10-4-6-11(16-3)7-5-10/h4-7H,8-9H2,1-3H3. The normalized spacial score (nSPS) is 11.2. The van der Waals surface area contributed by atoms with Crippen molar-refractivity contribution in [3.05, 3.63) is 29.8 Å². The molecule has 0 aliphatic carbocycles. The molecule has 88 valence electrons. The highest BCUT2D eigenvalue weighted by molar-refractivity contribution is 5.65. The van der Waals surface area contributed by atoms with Crippen molar-refractivity contribution < 1.29 is 19.1 Å². The molecule has 0 unspecified atom stereocenters. The van der Waals surface area contributed by atoms with Gasteiger partial charge >= 0.3 is 0 Å². The molecular weight excluding hydrogens is 206 g/mol. The number of rotatable bonds is 5. The smallest absolute Gasteiger partial charge is 0.119 e. The molecule has 0 radical (unpaired) electrons. The van der Waals surface area contributed by atoms with Crippen LogP contribution in [0, 0.1) is 0 Å². The Kier molecular flexibility index (Phi) is 3.90. The Bertz CT molecular complexity index is 357. The first kappa shape index (κ1) is 12.5. The lowest BCUT2D eigenvalue weighted by Gasteiger charge is -2.30. The summed E-state index contributed by atoms with van der Waals surface area (Å²) in [6.07, 6.45) is 0. The van der Waals surface area contributed by atoms with Crippen LogP contribution in [0.5, 0.6) is 5.75 Å². The Morgan fingerprint density at radius 3 is 2.31 bits per heavy atom. The molecule has 0 amide bonds. The van der Waals surface area contributed by atoms with Gasteiger partial charge < -0.3 is 19.1 Å². The van der Waals surface area contributed by atoms with Gasteiger partial charge in [0, 0.05) is 5.56 Å². The van der Waals surface area contributed by atoms with E-state index in [-0.39, 0.29) is 6.54 Å². The number of hydrogen-bond acceptors (Lipinski definition) is 3. The van der Waals surface area contributed by atoms with Crippen molar-refractivity contribution in [2.24, 2.45) is 0 Å². The number of aliphatic carboxylic acids is 1. The van der Waals surface area contributed by atoms with E-state index in [9.17, 15) is 9.90 Å². The lowest BCUT2D eigenvalue weighted by atomic mass is 10.2. The van der Waals surface area contributed by atoms with Crippen LogP contribution in [-0.4, -0.2) is 38.2 Å². The van der Waals surface area contributed by atoms with Crippen LogP contribution in [-0.2, 0) is 11.3 Å². The Morgan fingerprint density at radius 2 is 1.88 bits per heavy atom. The molecule has 4 heteroatoms. The van der Waals surface area contributed by atoms with E-state index in [1.807, 2.05) is 38.4 Å². The van der Waals surface area contributed by atoms with Gasteiger partial charge in [0.1, 0.15) is 18.8 Å². The average Bonchev–Trinajstić information content (AvgIpc) is 2.16. The van der Waals surface area contributed by atoms with Crippen LogP contribution in [0.15, 0.2) is 24.3 Å². The highest BCUT2D eigenvalue weighted by Crippen LogP contribution is 2.14. The number of ether oxygens (including phenoxy) is 1. The second-order valence-corrected chi connectivity index (χ2v) is 4.47. The molecule has 0 aliphatic heterocycles. The number of carboxylic acid groups (broad SMARTS) is 1. The van der Waals surface area contributed by atoms with Crippen LogP contribution in [0.4, 0.5) is 0 Å². The maximum Gasteiger partial charge on any atom is 0.119 e. The minimum Gasteiger partial charge on any atom is -0.544 e. The van der Waals surface area contributed by atoms with E-state index >= 15 is 0 Å². The van der Waals surface area contributed by atoms with Gasteiger partial charge in [-0.15, -0.1) is 0 Å². The Balaban J connectivity index is 2.68. The highest BCUT2D eigenvalue weighted by Gasteiger charge is 2.15. The van der Waals surface area contributed by atoms with Gasteiger partial charge in [0.25, 0.3) is 0 Å². The number of quaternary nitrogens is 1. The van der Waals surface area contributed by atoms with Crippen LogP contribution >= 0.6 is 0 Å². The first-order chi connectivity index (χ1) is 7.43. The maximum atomic E-state index is 10.6. The summed E-state index contributed by atoms with van der Waals surface area (Å²) >= 11 is 0. The number of methoxy groups -OCH3 is 1. The summed E-state index contributed by atoms with van der Waals surface area (Å²) in [6.45, 7) is 0.657. The third-order valence-electron chi connectivity index (χ3n) is 2.33. The van der Waals surface area contributed by atoms with E-state index in [0.29, 0.717) is 11.0 Å². The summed E-state index contributed by atoms with van der Waals surface area (Å²) < 4.78 is 5.42. The molecule has 1 aromatic rings. The lowest BCUT2D eigenvalue weighted by Crippen LogP contribution is -2.47. The molecule has 0 N–H and O–H groups in total. The van der Waals surface area contributed by atoms with Crippen LogP contribution in [0.1, 0.15) is 5.56 Å². The van der Waals surface area contributed by atoms with Gasteiger partial charge in [0.05, 0.1) is 27.2 Å². The minimum absolute atomic E-state index is 0.00598. The molecule has 1 aromatic carbocycles. The Morgan fingerprint density at radius 1 is 1.31 bits per heavy atom. The molecule has 16 heavy (non-hydrogen) atoms. The van der Waals surface area contributed by atoms with Gasteiger partial charge in [-0.1, -0.05) is 0 Å². The van der Waals surface area contributed by atoms with Gasteiger partial charge in [0.2, 0.25) is 0 Å². The zero-order valence-corrected chi connectivity index (χ0v) is 9.90. The van der Waals surface area contributed by atoms with E-state index in [1.54, 1.807) is 7.11 Å². The van der Waals surface area contributed by atoms with Crippen LogP contribution in [0.3, 0.4) is 0 Å². The van der Waals surface area contributed by atoms with E-state index in [2.05, 4.69) is 0 Å². The molecule has 0 heterocycles. The third-order valence-corrected chi connectivity index (χ3v) is 2.33. The van der Waals surface area contributed by atoms with E-state index in [4.69, 9.17) is 4.74 Å². The second kappa shape index (κ2) is 4.99. The summed E-state index contributed by atoms with van der Waals surface area (Å²) in [5, 5.41) is 10.6. The van der Waals surface area contributed by atoms with Crippen molar-refractivity contribution >= 4 is 5.97 Å². The van der Waals surface area contributed by atoms with Crippen molar-refractivity contribution in [1.29, 1.82) is 0 Å². The Labute approximate surface area is 95.7 Å². The number of carboxylic acids is 1. The van der Waals surface area contributed by atoms with Crippen molar-refractivity contribution in [3.63, 3.8) is 0 Å². The number of benzene rings is 1. The van der Waals surface area contributed by atoms with Crippen LogP contribution < -0.4 is 9.84 Å². The van der Waals surface area contributed by atoms with E-state index in [1.165, 1.54) is 0 Å². The quantitative estimate of drug-likeness (QED) is 0.661. The topological polar surface area (TPSA) is 49.4 Å². The fraction of sp³-hybridized carbons (Fsp3) is 0.417. The van der Waals surface area contributed by atoms with Gasteiger partial charge in [-0.25, -0.2) is 0 Å². The predicted octanol–water partition coefficient (Wildman–Crippen LogP) is 0.0215. The van der Waals surface area contributed by atoms with Crippen molar-refractivity contribution in [3.8, 4) is 5.75 Å². The first-order valence-electron chi connectivity index (χ1n) is 5.08. The molecule has 0 saturated heterocycles. The number of hydrogen-bond donors (Lipinski definition) is 0. The monoisotopic (exact) mass is 223 g/mol. The largest absolute Gasteiger partial charge is 0.544 e. The molecule has 0 atom stereocenters. The third kappa shape index (κ3) is 3.90. The number of carbonyl (C=O) groups is 1. The molecular formula is C12H17NO3. The van der Waals surface area contributed by atoms with Gasteiger partial charge in [-0.05, 0) is 24.3 Å². The van der Waals surface area contributed by atoms with Crippen molar-refractivity contribution in [2.45, 2.75) is 6.54 Å². The second-order valence-electron chi connectivity index (χ2n) is 4.47. The maximum absolute atomic E-state index is 10.6. The van der Waals surface area contributed by atoms with Crippen LogP contribution in [0.25, 0.3) is 0 Å². The van der Waals surface area contributed by atoms with Crippen LogP contribution in [0.2, 0.25) is 0 Å². The summed E-state index contributed by atoms with van der Waals surface area (Å²) in [6, 6.07) is 7.62. The minimum atomic E-state index is -1.03. The average molecular weight is 223 g/mol. The highest BCUT2D eigenvalue weighted by atomic mass is 16.5. The van der Waals surface area contributed by atoms with Gasteiger partial charge in [0.15, 0.2) is 0 Å². The Hall–Kier alpha value is -1.55. The molecule has 4 nitrogen and oxygen atoms in total. The molecule has 0 aromatic heterocycles. The fourth-order valence-corrected chi connectivity index (χ4v) is 1.63. The molecule has 0 spiro atoms. The zero-order valence-electron chi connectivity index (χ0n) is 9.90. The molecule has 0 saturated carbocycles. The molecule has 0 bridgehead atoms. The van der Waals surface area contributed by atoms with Gasteiger partial charge in [-0.2, -0.15) is 0 Å². The van der Waals surface area contributed by atoms with Crippen molar-refractivity contribution in [1.82, 2.24) is 0 Å². The summed E-state index contributed by atoms with van der Waals surface area (Å²) in [4.78, 5) is 10.6. The first-order valence-corrected chi connectivity index (χ1v) is 5.08.